The fraction of sp³-hybridized carbons (Fsp3) is 0.375. The number of anilines is 1. The predicted octanol–water partition coefficient (Wildman–Crippen LogP) is 2.89. The van der Waals surface area contributed by atoms with Crippen molar-refractivity contribution in [3.8, 4) is 11.8 Å². The Hall–Kier alpha value is -2.66. The molecule has 0 radical (unpaired) electrons. The molecule has 164 valence electrons. The first kappa shape index (κ1) is 23.0. The van der Waals surface area contributed by atoms with Crippen LogP contribution < -0.4 is 10.5 Å². The van der Waals surface area contributed by atoms with Crippen molar-refractivity contribution in [2.75, 3.05) is 19.5 Å². The van der Waals surface area contributed by atoms with Gasteiger partial charge in [-0.05, 0) is 68.0 Å². The van der Waals surface area contributed by atoms with E-state index < -0.39 is 10.0 Å². The van der Waals surface area contributed by atoms with E-state index in [9.17, 15) is 13.2 Å². The average Bonchev–Trinajstić information content (AvgIpc) is 2.78. The summed E-state index contributed by atoms with van der Waals surface area (Å²) in [5.74, 6) is 6.12. The Morgan fingerprint density at radius 3 is 2.42 bits per heavy atom. The van der Waals surface area contributed by atoms with Gasteiger partial charge in [0.2, 0.25) is 10.0 Å². The summed E-state index contributed by atoms with van der Waals surface area (Å²) in [6.07, 6.45) is 4.54. The fourth-order valence-corrected chi connectivity index (χ4v) is 4.94. The van der Waals surface area contributed by atoms with Gasteiger partial charge in [0.15, 0.2) is 0 Å². The highest BCUT2D eigenvalue weighted by molar-refractivity contribution is 7.89. The van der Waals surface area contributed by atoms with Gasteiger partial charge in [0, 0.05) is 35.9 Å². The SMILES string of the molecule is COCCc1ccc(C#Cc2ccc(S(=O)(=O)N[C@H]3CC[C@H](C=O)CC3)cc2N)cc1. The van der Waals surface area contributed by atoms with Crippen LogP contribution in [-0.2, 0) is 26.0 Å². The number of nitrogen functional groups attached to an aromatic ring is 1. The molecule has 0 saturated heterocycles. The Balaban J connectivity index is 1.67. The standard InChI is InChI=1S/C24H28N2O4S/c1-30-15-14-19-4-2-18(3-5-19)6-9-21-10-13-23(16-24(21)25)31(28,29)26-22-11-7-20(17-27)8-12-22/h2-5,10,13,16-17,20,22,26H,7-8,11-12,14-15,25H2,1H3/t20-,22-. The number of carbonyl (C=O) groups excluding carboxylic acids is 1. The molecule has 6 nitrogen and oxygen atoms in total. The van der Waals surface area contributed by atoms with E-state index in [4.69, 9.17) is 10.5 Å². The van der Waals surface area contributed by atoms with Crippen LogP contribution in [0.2, 0.25) is 0 Å². The van der Waals surface area contributed by atoms with E-state index in [0.29, 0.717) is 43.5 Å². The summed E-state index contributed by atoms with van der Waals surface area (Å²) in [6, 6.07) is 12.3. The molecule has 3 N–H and O–H groups in total. The number of hydrogen-bond acceptors (Lipinski definition) is 5. The second-order valence-electron chi connectivity index (χ2n) is 7.81. The number of hydrogen-bond donors (Lipinski definition) is 2. The van der Waals surface area contributed by atoms with Gasteiger partial charge in [-0.2, -0.15) is 0 Å². The van der Waals surface area contributed by atoms with Gasteiger partial charge in [0.05, 0.1) is 11.5 Å². The molecule has 2 aromatic rings. The second kappa shape index (κ2) is 10.6. The fourth-order valence-electron chi connectivity index (χ4n) is 3.60. The number of benzene rings is 2. The maximum atomic E-state index is 12.7. The van der Waals surface area contributed by atoms with Gasteiger partial charge in [-0.25, -0.2) is 13.1 Å². The summed E-state index contributed by atoms with van der Waals surface area (Å²) in [6.45, 7) is 0.672. The summed E-state index contributed by atoms with van der Waals surface area (Å²) in [5.41, 5.74) is 9.00. The van der Waals surface area contributed by atoms with Crippen molar-refractivity contribution in [1.29, 1.82) is 0 Å². The number of rotatable bonds is 7. The van der Waals surface area contributed by atoms with Gasteiger partial charge in [0.25, 0.3) is 0 Å². The van der Waals surface area contributed by atoms with Crippen molar-refractivity contribution in [2.24, 2.45) is 5.92 Å². The number of nitrogens with one attached hydrogen (secondary N) is 1. The number of methoxy groups -OCH3 is 1. The van der Waals surface area contributed by atoms with Crippen molar-refractivity contribution in [2.45, 2.75) is 43.0 Å². The molecule has 0 aromatic heterocycles. The summed E-state index contributed by atoms with van der Waals surface area (Å²) in [5, 5.41) is 0. The highest BCUT2D eigenvalue weighted by Gasteiger charge is 2.25. The van der Waals surface area contributed by atoms with Crippen LogP contribution in [0.15, 0.2) is 47.4 Å². The van der Waals surface area contributed by atoms with Gasteiger partial charge in [-0.1, -0.05) is 24.0 Å². The minimum atomic E-state index is -3.68. The summed E-state index contributed by atoms with van der Waals surface area (Å²) >= 11 is 0. The van der Waals surface area contributed by atoms with Crippen LogP contribution in [0.5, 0.6) is 0 Å². The third-order valence-corrected chi connectivity index (χ3v) is 7.03. The molecule has 0 unspecified atom stereocenters. The molecule has 0 bridgehead atoms. The molecule has 1 aliphatic carbocycles. The van der Waals surface area contributed by atoms with Crippen molar-refractivity contribution in [3.63, 3.8) is 0 Å². The molecule has 1 fully saturated rings. The Bertz CT molecular complexity index is 1060. The monoisotopic (exact) mass is 440 g/mol. The van der Waals surface area contributed by atoms with Crippen molar-refractivity contribution in [1.82, 2.24) is 4.72 Å². The molecule has 0 amide bonds. The molecular weight excluding hydrogens is 412 g/mol. The zero-order valence-corrected chi connectivity index (χ0v) is 18.5. The third kappa shape index (κ3) is 6.41. The van der Waals surface area contributed by atoms with Crippen LogP contribution in [0.3, 0.4) is 0 Å². The smallest absolute Gasteiger partial charge is 0.240 e. The maximum Gasteiger partial charge on any atom is 0.240 e. The van der Waals surface area contributed by atoms with Crippen LogP contribution >= 0.6 is 0 Å². The quantitative estimate of drug-likeness (QED) is 0.392. The average molecular weight is 441 g/mol. The van der Waals surface area contributed by atoms with E-state index in [1.807, 2.05) is 24.3 Å². The Labute approximate surface area is 184 Å². The number of aldehydes is 1. The molecule has 1 aliphatic rings. The lowest BCUT2D eigenvalue weighted by atomic mass is 9.87. The van der Waals surface area contributed by atoms with Gasteiger partial charge >= 0.3 is 0 Å². The number of ether oxygens (including phenoxy) is 1. The minimum absolute atomic E-state index is 0.0378. The largest absolute Gasteiger partial charge is 0.398 e. The van der Waals surface area contributed by atoms with E-state index in [1.165, 1.54) is 17.7 Å². The Morgan fingerprint density at radius 2 is 1.81 bits per heavy atom. The van der Waals surface area contributed by atoms with Crippen LogP contribution in [-0.4, -0.2) is 34.5 Å². The van der Waals surface area contributed by atoms with Gasteiger partial charge in [-0.3, -0.25) is 0 Å². The van der Waals surface area contributed by atoms with E-state index >= 15 is 0 Å². The van der Waals surface area contributed by atoms with Crippen molar-refractivity contribution < 1.29 is 17.9 Å². The molecular formula is C24H28N2O4S. The lowest BCUT2D eigenvalue weighted by Gasteiger charge is -2.26. The molecule has 0 heterocycles. The second-order valence-corrected chi connectivity index (χ2v) is 9.52. The third-order valence-electron chi connectivity index (χ3n) is 5.51. The van der Waals surface area contributed by atoms with Crippen molar-refractivity contribution in [3.05, 3.63) is 59.2 Å². The van der Waals surface area contributed by atoms with Gasteiger partial charge in [-0.15, -0.1) is 0 Å². The van der Waals surface area contributed by atoms with Gasteiger partial charge < -0.3 is 15.3 Å². The molecule has 31 heavy (non-hydrogen) atoms. The van der Waals surface area contributed by atoms with Crippen molar-refractivity contribution >= 4 is 22.0 Å². The molecule has 1 saturated carbocycles. The number of carbonyl (C=O) groups is 1. The highest BCUT2D eigenvalue weighted by Crippen LogP contribution is 2.25. The summed E-state index contributed by atoms with van der Waals surface area (Å²) in [4.78, 5) is 11.0. The molecule has 0 atom stereocenters. The van der Waals surface area contributed by atoms with Crippen LogP contribution in [0.1, 0.15) is 42.4 Å². The first-order valence-electron chi connectivity index (χ1n) is 10.4. The highest BCUT2D eigenvalue weighted by atomic mass is 32.2. The molecule has 2 aromatic carbocycles. The van der Waals surface area contributed by atoms with E-state index in [2.05, 4.69) is 16.6 Å². The van der Waals surface area contributed by atoms with E-state index in [1.54, 1.807) is 13.2 Å². The van der Waals surface area contributed by atoms with E-state index in [-0.39, 0.29) is 16.9 Å². The first-order chi connectivity index (χ1) is 14.9. The zero-order chi connectivity index (χ0) is 22.3. The Morgan fingerprint density at radius 1 is 1.10 bits per heavy atom. The molecule has 7 heteroatoms. The lowest BCUT2D eigenvalue weighted by molar-refractivity contribution is -0.111. The van der Waals surface area contributed by atoms with Crippen LogP contribution in [0.4, 0.5) is 5.69 Å². The number of sulfonamides is 1. The normalized spacial score (nSPS) is 18.7. The molecule has 0 aliphatic heterocycles. The summed E-state index contributed by atoms with van der Waals surface area (Å²) < 4.78 is 33.3. The first-order valence-corrected chi connectivity index (χ1v) is 11.9. The molecule has 0 spiro atoms. The van der Waals surface area contributed by atoms with Crippen LogP contribution in [0.25, 0.3) is 0 Å². The maximum absolute atomic E-state index is 12.7. The lowest BCUT2D eigenvalue weighted by Crippen LogP contribution is -2.37. The predicted molar refractivity (Wildman–Crippen MR) is 121 cm³/mol. The molecule has 3 rings (SSSR count). The zero-order valence-electron chi connectivity index (χ0n) is 17.6. The topological polar surface area (TPSA) is 98.5 Å². The van der Waals surface area contributed by atoms with E-state index in [0.717, 1.165) is 18.3 Å². The van der Waals surface area contributed by atoms with Gasteiger partial charge in [0.1, 0.15) is 6.29 Å². The Kier molecular flexibility index (Phi) is 7.85. The summed E-state index contributed by atoms with van der Waals surface area (Å²) in [7, 11) is -2.00. The number of nitrogens with two attached hydrogens (primary N) is 1. The van der Waals surface area contributed by atoms with Crippen LogP contribution in [0, 0.1) is 17.8 Å². The minimum Gasteiger partial charge on any atom is -0.398 e.